The van der Waals surface area contributed by atoms with E-state index < -0.39 is 0 Å². The van der Waals surface area contributed by atoms with Crippen LogP contribution >= 0.6 is 0 Å². The van der Waals surface area contributed by atoms with E-state index in [9.17, 15) is 0 Å². The van der Waals surface area contributed by atoms with Gasteiger partial charge in [-0.3, -0.25) is 0 Å². The number of nitrogens with zero attached hydrogens (tertiary/aromatic N) is 5. The first kappa shape index (κ1) is 18.6. The molecule has 4 aliphatic rings. The molecule has 3 aliphatic heterocycles. The maximum absolute atomic E-state index is 4.89. The summed E-state index contributed by atoms with van der Waals surface area (Å²) >= 11 is 0. The SMILES string of the molecule is Cc1ccc(C2=CC3=CC(c4ccc(C)cc4)=NC4=NC(C5C=CC=C5)=NC(=N2)N34)cc1. The van der Waals surface area contributed by atoms with Crippen molar-refractivity contribution in [1.29, 1.82) is 0 Å². The number of benzene rings is 2. The Kier molecular flexibility index (Phi) is 4.21. The molecule has 0 atom stereocenters. The molecule has 2 aromatic rings. The topological polar surface area (TPSA) is 52.7 Å². The van der Waals surface area contributed by atoms with Crippen molar-refractivity contribution in [2.45, 2.75) is 13.8 Å². The lowest BCUT2D eigenvalue weighted by molar-refractivity contribution is 0.733. The molecule has 5 nitrogen and oxygen atoms in total. The van der Waals surface area contributed by atoms with E-state index in [0.29, 0.717) is 17.8 Å². The van der Waals surface area contributed by atoms with Crippen LogP contribution in [0.2, 0.25) is 0 Å². The van der Waals surface area contributed by atoms with E-state index in [1.54, 1.807) is 0 Å². The third-order valence-corrected chi connectivity index (χ3v) is 5.84. The second kappa shape index (κ2) is 7.24. The summed E-state index contributed by atoms with van der Waals surface area (Å²) in [6.07, 6.45) is 12.4. The monoisotopic (exact) mass is 415 g/mol. The minimum absolute atomic E-state index is 0.0356. The first-order valence-corrected chi connectivity index (χ1v) is 10.7. The predicted octanol–water partition coefficient (Wildman–Crippen LogP) is 5.21. The second-order valence-electron chi connectivity index (χ2n) is 8.25. The highest BCUT2D eigenvalue weighted by Crippen LogP contribution is 2.32. The van der Waals surface area contributed by atoms with Crippen molar-refractivity contribution in [2.75, 3.05) is 0 Å². The Balaban J connectivity index is 1.51. The predicted molar refractivity (Wildman–Crippen MR) is 131 cm³/mol. The van der Waals surface area contributed by atoms with E-state index in [-0.39, 0.29) is 5.92 Å². The lowest BCUT2D eigenvalue weighted by Gasteiger charge is -2.33. The summed E-state index contributed by atoms with van der Waals surface area (Å²) in [5.41, 5.74) is 7.29. The molecule has 3 heterocycles. The Bertz CT molecular complexity index is 1300. The first-order valence-electron chi connectivity index (χ1n) is 10.7. The van der Waals surface area contributed by atoms with Gasteiger partial charge in [0.15, 0.2) is 0 Å². The normalized spacial score (nSPS) is 19.0. The van der Waals surface area contributed by atoms with Crippen molar-refractivity contribution < 1.29 is 0 Å². The van der Waals surface area contributed by atoms with E-state index in [1.165, 1.54) is 11.1 Å². The van der Waals surface area contributed by atoms with E-state index in [1.807, 2.05) is 17.1 Å². The highest BCUT2D eigenvalue weighted by molar-refractivity contribution is 6.24. The van der Waals surface area contributed by atoms with Crippen LogP contribution in [0.1, 0.15) is 22.3 Å². The third kappa shape index (κ3) is 3.19. The molecule has 0 N–H and O–H groups in total. The molecule has 0 radical (unpaired) electrons. The van der Waals surface area contributed by atoms with E-state index >= 15 is 0 Å². The van der Waals surface area contributed by atoms with Gasteiger partial charge in [-0.1, -0.05) is 84.0 Å². The molecule has 0 amide bonds. The maximum Gasteiger partial charge on any atom is 0.239 e. The number of hydrogen-bond acceptors (Lipinski definition) is 5. The van der Waals surface area contributed by atoms with Gasteiger partial charge >= 0.3 is 0 Å². The van der Waals surface area contributed by atoms with Gasteiger partial charge in [0, 0.05) is 11.1 Å². The van der Waals surface area contributed by atoms with Gasteiger partial charge in [0.1, 0.15) is 5.84 Å². The maximum atomic E-state index is 4.89. The highest BCUT2D eigenvalue weighted by atomic mass is 15.4. The Morgan fingerprint density at radius 3 is 1.97 bits per heavy atom. The zero-order chi connectivity index (χ0) is 21.7. The first-order chi connectivity index (χ1) is 15.6. The fourth-order valence-corrected chi connectivity index (χ4v) is 4.03. The van der Waals surface area contributed by atoms with Crippen LogP contribution in [0.15, 0.2) is 111 Å². The molecule has 32 heavy (non-hydrogen) atoms. The van der Waals surface area contributed by atoms with Gasteiger partial charge in [0.2, 0.25) is 11.9 Å². The van der Waals surface area contributed by atoms with Crippen LogP contribution in [0.5, 0.6) is 0 Å². The van der Waals surface area contributed by atoms with E-state index in [0.717, 1.165) is 28.2 Å². The molecule has 0 saturated heterocycles. The summed E-state index contributed by atoms with van der Waals surface area (Å²) in [5, 5.41) is 0. The van der Waals surface area contributed by atoms with Crippen LogP contribution in [-0.2, 0) is 0 Å². The number of amidine groups is 1. The molecular formula is C27H21N5. The summed E-state index contributed by atoms with van der Waals surface area (Å²) < 4.78 is 0. The van der Waals surface area contributed by atoms with Crippen LogP contribution in [0, 0.1) is 19.8 Å². The molecule has 0 aromatic heterocycles. The molecule has 0 bridgehead atoms. The average Bonchev–Trinajstić information content (AvgIpc) is 3.35. The van der Waals surface area contributed by atoms with Crippen molar-refractivity contribution in [2.24, 2.45) is 25.9 Å². The molecule has 0 fully saturated rings. The zero-order valence-corrected chi connectivity index (χ0v) is 17.9. The average molecular weight is 416 g/mol. The largest absolute Gasteiger partial charge is 0.246 e. The van der Waals surface area contributed by atoms with Crippen molar-refractivity contribution in [1.82, 2.24) is 4.90 Å². The Labute approximate surface area is 187 Å². The molecule has 154 valence electrons. The number of rotatable bonds is 3. The van der Waals surface area contributed by atoms with Crippen LogP contribution in [-0.4, -0.2) is 28.4 Å². The number of hydrogen-bond donors (Lipinski definition) is 0. The van der Waals surface area contributed by atoms with Crippen molar-refractivity contribution in [3.63, 3.8) is 0 Å². The quantitative estimate of drug-likeness (QED) is 0.679. The summed E-state index contributed by atoms with van der Waals surface area (Å²) in [6.45, 7) is 4.17. The van der Waals surface area contributed by atoms with Crippen molar-refractivity contribution in [3.8, 4) is 0 Å². The Morgan fingerprint density at radius 2 is 1.28 bits per heavy atom. The van der Waals surface area contributed by atoms with Crippen LogP contribution in [0.4, 0.5) is 0 Å². The molecule has 1 aliphatic carbocycles. The van der Waals surface area contributed by atoms with Gasteiger partial charge < -0.3 is 0 Å². The van der Waals surface area contributed by atoms with E-state index in [2.05, 4.69) is 86.7 Å². The second-order valence-corrected chi connectivity index (χ2v) is 8.25. The molecule has 2 aromatic carbocycles. The Hall–Kier alpha value is -4.12. The van der Waals surface area contributed by atoms with Crippen LogP contribution in [0.25, 0.3) is 5.70 Å². The van der Waals surface area contributed by atoms with Gasteiger partial charge in [0.25, 0.3) is 0 Å². The Morgan fingerprint density at radius 1 is 0.656 bits per heavy atom. The third-order valence-electron chi connectivity index (χ3n) is 5.84. The molecule has 0 saturated carbocycles. The summed E-state index contributed by atoms with van der Waals surface area (Å²) in [7, 11) is 0. The minimum Gasteiger partial charge on any atom is -0.246 e. The summed E-state index contributed by atoms with van der Waals surface area (Å²) in [5.74, 6) is 1.95. The number of aliphatic imine (C=N–C) groups is 4. The fraction of sp³-hybridized carbons (Fsp3) is 0.111. The fourth-order valence-electron chi connectivity index (χ4n) is 4.03. The van der Waals surface area contributed by atoms with Gasteiger partial charge in [0.05, 0.1) is 23.0 Å². The lowest BCUT2D eigenvalue weighted by atomic mass is 10.0. The number of allylic oxidation sites excluding steroid dienone is 4. The van der Waals surface area contributed by atoms with E-state index in [4.69, 9.17) is 20.0 Å². The summed E-state index contributed by atoms with van der Waals surface area (Å²) in [6, 6.07) is 16.8. The zero-order valence-electron chi connectivity index (χ0n) is 17.9. The molecule has 6 rings (SSSR count). The minimum atomic E-state index is 0.0356. The van der Waals surface area contributed by atoms with Gasteiger partial charge in [-0.15, -0.1) is 0 Å². The standard InChI is InChI=1S/C27H21N5/c1-17-7-11-19(12-8-17)23-15-22-16-24(20-13-9-18(2)10-14-20)29-27-31-25(21-5-3-4-6-21)30-26(28-23)32(22)27/h3-16,21H,1-2H3. The smallest absolute Gasteiger partial charge is 0.239 e. The van der Waals surface area contributed by atoms with Gasteiger partial charge in [-0.2, -0.15) is 9.98 Å². The van der Waals surface area contributed by atoms with Crippen molar-refractivity contribution >= 4 is 29.2 Å². The number of guanidine groups is 2. The summed E-state index contributed by atoms with van der Waals surface area (Å²) in [4.78, 5) is 21.4. The van der Waals surface area contributed by atoms with Crippen LogP contribution in [0.3, 0.4) is 0 Å². The van der Waals surface area contributed by atoms with Crippen molar-refractivity contribution in [3.05, 3.63) is 113 Å². The molecule has 5 heteroatoms. The molecular weight excluding hydrogens is 394 g/mol. The molecule has 0 unspecified atom stereocenters. The van der Waals surface area contributed by atoms with Gasteiger partial charge in [-0.05, 0) is 26.0 Å². The highest BCUT2D eigenvalue weighted by Gasteiger charge is 2.33. The van der Waals surface area contributed by atoms with Gasteiger partial charge in [-0.25, -0.2) is 14.9 Å². The lowest BCUT2D eigenvalue weighted by Crippen LogP contribution is -2.42. The molecule has 0 spiro atoms. The number of aryl methyl sites for hydroxylation is 2. The van der Waals surface area contributed by atoms with Crippen LogP contribution < -0.4 is 0 Å².